The van der Waals surface area contributed by atoms with Crippen molar-refractivity contribution in [2.45, 2.75) is 94.3 Å². The molecule has 0 aliphatic carbocycles. The Bertz CT molecular complexity index is 653. The second-order valence-electron chi connectivity index (χ2n) is 7.93. The van der Waals surface area contributed by atoms with Gasteiger partial charge < -0.3 is 60.6 Å². The predicted octanol–water partition coefficient (Wildman–Crippen LogP) is -4.40. The van der Waals surface area contributed by atoms with E-state index in [1.807, 2.05) is 0 Å². The van der Waals surface area contributed by atoms with E-state index in [1.54, 1.807) is 0 Å². The van der Waals surface area contributed by atoms with E-state index < -0.39 is 92.0 Å². The molecule has 9 N–H and O–H groups in total. The summed E-state index contributed by atoms with van der Waals surface area (Å²) >= 11 is 0. The minimum Gasteiger partial charge on any atom is -0.480 e. The van der Waals surface area contributed by atoms with Crippen molar-refractivity contribution in [3.63, 3.8) is 0 Å². The molecule has 0 aromatic heterocycles. The quantitative estimate of drug-likeness (QED) is 0.168. The van der Waals surface area contributed by atoms with Crippen LogP contribution in [0, 0.1) is 0 Å². The zero-order chi connectivity index (χ0) is 24.3. The van der Waals surface area contributed by atoms with Crippen molar-refractivity contribution in [2.75, 3.05) is 6.61 Å². The van der Waals surface area contributed by atoms with E-state index in [9.17, 15) is 35.1 Å². The monoisotopic (exact) mass is 468 g/mol. The fraction of sp³-hybridized carbons (Fsp3) is 0.889. The SMILES string of the molecule is CC(=O)N[C@H]1[C@H](O[C@H]2[C@H](O)[C@H](O[C@H](C)[C@H](N)C(=O)O)O[C@@H](C)[C@H]2O)O[C@H](CO)[C@@H](O)[C@@H]1O. The second kappa shape index (κ2) is 11.1. The number of aliphatic carboxylic acids is 1. The molecule has 14 heteroatoms. The number of carbonyl (C=O) groups is 2. The van der Waals surface area contributed by atoms with E-state index in [1.165, 1.54) is 13.8 Å². The van der Waals surface area contributed by atoms with Crippen LogP contribution in [0.3, 0.4) is 0 Å². The lowest BCUT2D eigenvalue weighted by Crippen LogP contribution is -2.67. The number of ether oxygens (including phenoxy) is 4. The molecule has 2 rings (SSSR count). The summed E-state index contributed by atoms with van der Waals surface area (Å²) in [5.41, 5.74) is 5.51. The summed E-state index contributed by atoms with van der Waals surface area (Å²) < 4.78 is 22.0. The van der Waals surface area contributed by atoms with E-state index in [2.05, 4.69) is 5.32 Å². The summed E-state index contributed by atoms with van der Waals surface area (Å²) in [5.74, 6) is -1.92. The topological polar surface area (TPSA) is 230 Å². The van der Waals surface area contributed by atoms with Gasteiger partial charge in [-0.15, -0.1) is 0 Å². The summed E-state index contributed by atoms with van der Waals surface area (Å²) in [6, 6.07) is -2.72. The van der Waals surface area contributed by atoms with Crippen molar-refractivity contribution in [3.05, 3.63) is 0 Å². The molecule has 14 nitrogen and oxygen atoms in total. The van der Waals surface area contributed by atoms with E-state index in [-0.39, 0.29) is 0 Å². The molecule has 2 saturated heterocycles. The van der Waals surface area contributed by atoms with Crippen LogP contribution in [0.2, 0.25) is 0 Å². The fourth-order valence-corrected chi connectivity index (χ4v) is 3.51. The first-order chi connectivity index (χ1) is 14.9. The molecule has 0 radical (unpaired) electrons. The van der Waals surface area contributed by atoms with Crippen LogP contribution in [0.4, 0.5) is 0 Å². The van der Waals surface area contributed by atoms with Gasteiger partial charge in [-0.2, -0.15) is 0 Å². The maximum Gasteiger partial charge on any atom is 0.323 e. The Balaban J connectivity index is 2.22. The van der Waals surface area contributed by atoms with Gasteiger partial charge in [-0.25, -0.2) is 0 Å². The lowest BCUT2D eigenvalue weighted by Gasteiger charge is -2.47. The highest BCUT2D eigenvalue weighted by molar-refractivity contribution is 5.74. The van der Waals surface area contributed by atoms with Crippen LogP contribution in [0.1, 0.15) is 20.8 Å². The summed E-state index contributed by atoms with van der Waals surface area (Å²) in [6.07, 6.45) is -13.9. The molecule has 2 aliphatic heterocycles. The third-order valence-electron chi connectivity index (χ3n) is 5.46. The molecule has 0 saturated carbocycles. The molecule has 0 aromatic carbocycles. The summed E-state index contributed by atoms with van der Waals surface area (Å²) in [7, 11) is 0. The molecule has 2 aliphatic rings. The molecule has 2 heterocycles. The van der Waals surface area contributed by atoms with Gasteiger partial charge in [0.05, 0.1) is 18.8 Å². The Labute approximate surface area is 183 Å². The van der Waals surface area contributed by atoms with Gasteiger partial charge in [0.15, 0.2) is 12.6 Å². The Kier molecular flexibility index (Phi) is 9.30. The Morgan fingerprint density at radius 3 is 2.22 bits per heavy atom. The molecule has 0 unspecified atom stereocenters. The second-order valence-corrected chi connectivity index (χ2v) is 7.93. The lowest BCUT2D eigenvalue weighted by atomic mass is 9.95. The van der Waals surface area contributed by atoms with E-state index in [0.717, 1.165) is 6.92 Å². The molecule has 0 bridgehead atoms. The van der Waals surface area contributed by atoms with Crippen molar-refractivity contribution < 1.29 is 59.2 Å². The number of hydrogen-bond donors (Lipinski definition) is 8. The van der Waals surface area contributed by atoms with Gasteiger partial charge in [-0.1, -0.05) is 0 Å². The Morgan fingerprint density at radius 1 is 1.06 bits per heavy atom. The normalized spacial score (nSPS) is 42.2. The summed E-state index contributed by atoms with van der Waals surface area (Å²) in [6.45, 7) is 3.29. The largest absolute Gasteiger partial charge is 0.480 e. The third-order valence-corrected chi connectivity index (χ3v) is 5.46. The van der Waals surface area contributed by atoms with Gasteiger partial charge in [-0.3, -0.25) is 9.59 Å². The highest BCUT2D eigenvalue weighted by atomic mass is 16.7. The summed E-state index contributed by atoms with van der Waals surface area (Å²) in [5, 5.41) is 62.5. The van der Waals surface area contributed by atoms with Crippen LogP contribution in [-0.2, 0) is 28.5 Å². The molecule has 2 fully saturated rings. The summed E-state index contributed by atoms with van der Waals surface area (Å²) in [4.78, 5) is 22.6. The first-order valence-corrected chi connectivity index (χ1v) is 10.1. The van der Waals surface area contributed by atoms with Crippen molar-refractivity contribution in [1.29, 1.82) is 0 Å². The lowest BCUT2D eigenvalue weighted by molar-refractivity contribution is -0.348. The van der Waals surface area contributed by atoms with Gasteiger partial charge in [0, 0.05) is 6.92 Å². The molecule has 186 valence electrons. The molecule has 0 aromatic rings. The number of aliphatic hydroxyl groups is 5. The van der Waals surface area contributed by atoms with Gasteiger partial charge in [0.1, 0.15) is 48.7 Å². The number of carboxylic acids is 1. The van der Waals surface area contributed by atoms with Crippen molar-refractivity contribution in [1.82, 2.24) is 5.32 Å². The smallest absolute Gasteiger partial charge is 0.323 e. The van der Waals surface area contributed by atoms with Gasteiger partial charge in [0.2, 0.25) is 5.91 Å². The van der Waals surface area contributed by atoms with Gasteiger partial charge in [0.25, 0.3) is 0 Å². The zero-order valence-corrected chi connectivity index (χ0v) is 17.8. The zero-order valence-electron chi connectivity index (χ0n) is 17.8. The number of aliphatic hydroxyl groups excluding tert-OH is 5. The van der Waals surface area contributed by atoms with Crippen molar-refractivity contribution in [2.24, 2.45) is 5.73 Å². The highest BCUT2D eigenvalue weighted by Gasteiger charge is 2.51. The average molecular weight is 468 g/mol. The Morgan fingerprint density at radius 2 is 1.69 bits per heavy atom. The molecule has 32 heavy (non-hydrogen) atoms. The fourth-order valence-electron chi connectivity index (χ4n) is 3.51. The average Bonchev–Trinajstić information content (AvgIpc) is 2.73. The molecule has 1 amide bonds. The highest BCUT2D eigenvalue weighted by Crippen LogP contribution is 2.30. The molecular formula is C18H32N2O12. The van der Waals surface area contributed by atoms with Gasteiger partial charge >= 0.3 is 5.97 Å². The number of carbonyl (C=O) groups excluding carboxylic acids is 1. The third kappa shape index (κ3) is 5.91. The van der Waals surface area contributed by atoms with Crippen molar-refractivity contribution >= 4 is 11.9 Å². The van der Waals surface area contributed by atoms with Gasteiger partial charge in [-0.05, 0) is 13.8 Å². The number of rotatable bonds is 8. The van der Waals surface area contributed by atoms with Crippen LogP contribution in [0.5, 0.6) is 0 Å². The maximum atomic E-state index is 11.6. The van der Waals surface area contributed by atoms with Crippen LogP contribution in [-0.4, -0.2) is 123 Å². The minimum absolute atomic E-state index is 0.583. The maximum absolute atomic E-state index is 11.6. The van der Waals surface area contributed by atoms with E-state index in [4.69, 9.17) is 29.8 Å². The predicted molar refractivity (Wildman–Crippen MR) is 103 cm³/mol. The number of nitrogens with two attached hydrogens (primary N) is 1. The molecule has 0 spiro atoms. The number of amides is 1. The molecule has 12 atom stereocenters. The van der Waals surface area contributed by atoms with Crippen LogP contribution < -0.4 is 11.1 Å². The Hall–Kier alpha value is -1.46. The minimum atomic E-state index is -1.66. The van der Waals surface area contributed by atoms with E-state index in [0.29, 0.717) is 0 Å². The van der Waals surface area contributed by atoms with Crippen LogP contribution >= 0.6 is 0 Å². The van der Waals surface area contributed by atoms with E-state index >= 15 is 0 Å². The number of carboxylic acid groups (broad SMARTS) is 1. The van der Waals surface area contributed by atoms with Crippen molar-refractivity contribution in [3.8, 4) is 0 Å². The van der Waals surface area contributed by atoms with Crippen LogP contribution in [0.25, 0.3) is 0 Å². The first-order valence-electron chi connectivity index (χ1n) is 10.1. The standard InChI is InChI=1S/C18H32N2O12/c1-5(9(19)16(27)28)29-18-14(26)15(11(23)6(2)30-18)32-17-10(20-7(3)22)13(25)12(24)8(4-21)31-17/h5-6,8-15,17-18,21,23-26H,4,19H2,1-3H3,(H,20,22)(H,27,28)/t5-,6+,8-,9+,10-,11-,12-,13-,14+,15-,17+,18-/m1/s1. The molecular weight excluding hydrogens is 436 g/mol. The van der Waals surface area contributed by atoms with Crippen LogP contribution in [0.15, 0.2) is 0 Å². The first kappa shape index (κ1) is 26.8. The number of hydrogen-bond acceptors (Lipinski definition) is 12. The number of nitrogens with one attached hydrogen (secondary N) is 1.